The predicted molar refractivity (Wildman–Crippen MR) is 77.7 cm³/mol. The number of benzene rings is 1. The Morgan fingerprint density at radius 1 is 1.21 bits per heavy atom. The highest BCUT2D eigenvalue weighted by Crippen LogP contribution is 2.23. The second-order valence-corrected chi connectivity index (χ2v) is 7.07. The van der Waals surface area contributed by atoms with Gasteiger partial charge in [0.15, 0.2) is 0 Å². The molecule has 0 N–H and O–H groups in total. The van der Waals surface area contributed by atoms with E-state index >= 15 is 0 Å². The second kappa shape index (κ2) is 6.85. The monoisotopic (exact) mass is 282 g/mol. The first-order chi connectivity index (χ1) is 8.84. The van der Waals surface area contributed by atoms with Gasteiger partial charge >= 0.3 is 5.97 Å². The van der Waals surface area contributed by atoms with Crippen molar-refractivity contribution in [2.75, 3.05) is 12.9 Å². The molecule has 0 amide bonds. The van der Waals surface area contributed by atoms with E-state index in [4.69, 9.17) is 0 Å². The largest absolute Gasteiger partial charge is 0.469 e. The summed E-state index contributed by atoms with van der Waals surface area (Å²) in [5.41, 5.74) is 1.33. The summed E-state index contributed by atoms with van der Waals surface area (Å²) < 4.78 is 16.6. The topological polar surface area (TPSA) is 43.4 Å². The molecular formula is C15H22O3S. The van der Waals surface area contributed by atoms with Crippen LogP contribution in [0.15, 0.2) is 29.2 Å². The molecule has 1 atom stereocenters. The number of carbonyl (C=O) groups is 1. The lowest BCUT2D eigenvalue weighted by molar-refractivity contribution is -0.140. The molecule has 4 heteroatoms. The van der Waals surface area contributed by atoms with Gasteiger partial charge in [0.05, 0.1) is 17.9 Å². The minimum atomic E-state index is -1.04. The van der Waals surface area contributed by atoms with E-state index in [2.05, 4.69) is 25.5 Å². The van der Waals surface area contributed by atoms with Crippen LogP contribution in [0.2, 0.25) is 0 Å². The molecule has 3 nitrogen and oxygen atoms in total. The van der Waals surface area contributed by atoms with E-state index in [0.29, 0.717) is 18.6 Å². The molecule has 19 heavy (non-hydrogen) atoms. The molecule has 1 unspecified atom stereocenters. The van der Waals surface area contributed by atoms with E-state index in [0.717, 1.165) is 4.90 Å². The summed E-state index contributed by atoms with van der Waals surface area (Å²) in [6.07, 6.45) is 0.905. The fraction of sp³-hybridized carbons (Fsp3) is 0.533. The Morgan fingerprint density at radius 3 is 2.26 bits per heavy atom. The molecule has 0 saturated heterocycles. The first-order valence-corrected chi connectivity index (χ1v) is 7.72. The standard InChI is InChI=1S/C15H22O3S/c1-15(2,3)12-7-9-13(10-8-12)19(17)11-5-6-14(16)18-4/h7-10H,5-6,11H2,1-4H3. The summed E-state index contributed by atoms with van der Waals surface area (Å²) in [4.78, 5) is 11.8. The van der Waals surface area contributed by atoms with E-state index < -0.39 is 10.8 Å². The predicted octanol–water partition coefficient (Wildman–Crippen LogP) is 3.04. The highest BCUT2D eigenvalue weighted by atomic mass is 32.2. The Labute approximate surface area is 117 Å². The summed E-state index contributed by atoms with van der Waals surface area (Å²) in [7, 11) is 0.321. The molecule has 0 bridgehead atoms. The van der Waals surface area contributed by atoms with Crippen LogP contribution in [-0.2, 0) is 25.7 Å². The molecule has 0 radical (unpaired) electrons. The lowest BCUT2D eigenvalue weighted by atomic mass is 9.87. The van der Waals surface area contributed by atoms with E-state index in [-0.39, 0.29) is 11.4 Å². The Bertz CT molecular complexity index is 443. The number of hydrogen-bond acceptors (Lipinski definition) is 3. The van der Waals surface area contributed by atoms with Crippen LogP contribution in [-0.4, -0.2) is 23.0 Å². The van der Waals surface area contributed by atoms with E-state index in [1.165, 1.54) is 12.7 Å². The van der Waals surface area contributed by atoms with E-state index in [1.807, 2.05) is 24.3 Å². The average Bonchev–Trinajstić information content (AvgIpc) is 2.37. The van der Waals surface area contributed by atoms with Crippen molar-refractivity contribution in [3.05, 3.63) is 29.8 Å². The van der Waals surface area contributed by atoms with Gasteiger partial charge in [0.25, 0.3) is 0 Å². The number of rotatable bonds is 5. The van der Waals surface area contributed by atoms with Crippen LogP contribution in [0.5, 0.6) is 0 Å². The van der Waals surface area contributed by atoms with Gasteiger partial charge in [-0.05, 0) is 29.5 Å². The van der Waals surface area contributed by atoms with Crippen molar-refractivity contribution in [3.63, 3.8) is 0 Å². The summed E-state index contributed by atoms with van der Waals surface area (Å²) in [6.45, 7) is 6.44. The molecule has 1 aromatic rings. The lowest BCUT2D eigenvalue weighted by Crippen LogP contribution is -2.11. The molecule has 0 aromatic heterocycles. The summed E-state index contributed by atoms with van der Waals surface area (Å²) >= 11 is 0. The van der Waals surface area contributed by atoms with Gasteiger partial charge in [0.1, 0.15) is 0 Å². The first-order valence-electron chi connectivity index (χ1n) is 6.40. The molecule has 0 aliphatic rings. The zero-order valence-electron chi connectivity index (χ0n) is 12.1. The van der Waals surface area contributed by atoms with Crippen molar-refractivity contribution in [1.82, 2.24) is 0 Å². The molecule has 0 aliphatic heterocycles. The van der Waals surface area contributed by atoms with E-state index in [1.54, 1.807) is 0 Å². The maximum absolute atomic E-state index is 12.0. The summed E-state index contributed by atoms with van der Waals surface area (Å²) in [5, 5.41) is 0. The van der Waals surface area contributed by atoms with Gasteiger partial charge < -0.3 is 4.74 Å². The average molecular weight is 282 g/mol. The Balaban J connectivity index is 2.56. The number of hydrogen-bond donors (Lipinski definition) is 0. The Kier molecular flexibility index (Phi) is 5.73. The maximum atomic E-state index is 12.0. The minimum absolute atomic E-state index is 0.102. The molecule has 1 rings (SSSR count). The van der Waals surface area contributed by atoms with Crippen LogP contribution in [0.4, 0.5) is 0 Å². The highest BCUT2D eigenvalue weighted by molar-refractivity contribution is 7.85. The summed E-state index contributed by atoms with van der Waals surface area (Å²) in [5.74, 6) is 0.240. The third kappa shape index (κ3) is 5.15. The van der Waals surface area contributed by atoms with Crippen LogP contribution in [0, 0.1) is 0 Å². The van der Waals surface area contributed by atoms with Crippen molar-refractivity contribution in [1.29, 1.82) is 0 Å². The lowest BCUT2D eigenvalue weighted by Gasteiger charge is -2.19. The fourth-order valence-electron chi connectivity index (χ4n) is 1.67. The van der Waals surface area contributed by atoms with Gasteiger partial charge in [-0.25, -0.2) is 0 Å². The SMILES string of the molecule is COC(=O)CCCS(=O)c1ccc(C(C)(C)C)cc1. The quantitative estimate of drug-likeness (QED) is 0.780. The molecule has 0 fully saturated rings. The molecule has 0 saturated carbocycles. The van der Waals surface area contributed by atoms with Gasteiger partial charge in [-0.3, -0.25) is 9.00 Å². The Morgan fingerprint density at radius 2 is 1.79 bits per heavy atom. The zero-order valence-corrected chi connectivity index (χ0v) is 12.9. The third-order valence-corrected chi connectivity index (χ3v) is 4.38. The second-order valence-electron chi connectivity index (χ2n) is 5.50. The van der Waals surface area contributed by atoms with Crippen molar-refractivity contribution in [2.24, 2.45) is 0 Å². The van der Waals surface area contributed by atoms with Crippen LogP contribution < -0.4 is 0 Å². The fourth-order valence-corrected chi connectivity index (χ4v) is 2.76. The van der Waals surface area contributed by atoms with Crippen molar-refractivity contribution in [3.8, 4) is 0 Å². The van der Waals surface area contributed by atoms with Crippen molar-refractivity contribution in [2.45, 2.75) is 43.9 Å². The van der Waals surface area contributed by atoms with Crippen LogP contribution in [0.3, 0.4) is 0 Å². The highest BCUT2D eigenvalue weighted by Gasteiger charge is 2.14. The van der Waals surface area contributed by atoms with Crippen molar-refractivity contribution >= 4 is 16.8 Å². The first kappa shape index (κ1) is 15.9. The number of esters is 1. The maximum Gasteiger partial charge on any atom is 0.305 e. The van der Waals surface area contributed by atoms with Gasteiger partial charge in [-0.2, -0.15) is 0 Å². The number of ether oxygens (including phenoxy) is 1. The van der Waals surface area contributed by atoms with Gasteiger partial charge in [-0.1, -0.05) is 32.9 Å². The van der Waals surface area contributed by atoms with Gasteiger partial charge in [0, 0.05) is 17.1 Å². The number of methoxy groups -OCH3 is 1. The van der Waals surface area contributed by atoms with E-state index in [9.17, 15) is 9.00 Å². The molecular weight excluding hydrogens is 260 g/mol. The van der Waals surface area contributed by atoms with Crippen LogP contribution in [0.1, 0.15) is 39.2 Å². The van der Waals surface area contributed by atoms with Crippen LogP contribution in [0.25, 0.3) is 0 Å². The van der Waals surface area contributed by atoms with Crippen molar-refractivity contribution < 1.29 is 13.7 Å². The van der Waals surface area contributed by atoms with Gasteiger partial charge in [0.2, 0.25) is 0 Å². The molecule has 0 heterocycles. The molecule has 0 spiro atoms. The summed E-state index contributed by atoms with van der Waals surface area (Å²) in [6, 6.07) is 7.87. The Hall–Kier alpha value is -1.16. The molecule has 106 valence electrons. The normalized spacial score (nSPS) is 13.1. The number of carbonyl (C=O) groups excluding carboxylic acids is 1. The molecule has 0 aliphatic carbocycles. The minimum Gasteiger partial charge on any atom is -0.469 e. The van der Waals surface area contributed by atoms with Gasteiger partial charge in [-0.15, -0.1) is 0 Å². The smallest absolute Gasteiger partial charge is 0.305 e. The molecule has 1 aromatic carbocycles. The third-order valence-electron chi connectivity index (χ3n) is 2.92. The van der Waals surface area contributed by atoms with Crippen LogP contribution >= 0.6 is 0 Å². The zero-order chi connectivity index (χ0) is 14.5.